The molecule has 1 aliphatic rings. The molecule has 3 aromatic rings. The molecule has 0 radical (unpaired) electrons. The van der Waals surface area contributed by atoms with Gasteiger partial charge in [-0.15, -0.1) is 0 Å². The van der Waals surface area contributed by atoms with E-state index in [2.05, 4.69) is 18.4 Å². The second-order valence-electron chi connectivity index (χ2n) is 10.1. The minimum Gasteiger partial charge on any atom is -0.327 e. The molecule has 5 nitrogen and oxygen atoms in total. The van der Waals surface area contributed by atoms with Crippen molar-refractivity contribution in [3.8, 4) is 11.3 Å². The van der Waals surface area contributed by atoms with E-state index in [0.717, 1.165) is 22.8 Å². The van der Waals surface area contributed by atoms with Gasteiger partial charge in [0.05, 0.1) is 17.8 Å². The van der Waals surface area contributed by atoms with Crippen molar-refractivity contribution in [2.24, 2.45) is 5.73 Å². The largest absolute Gasteiger partial charge is 0.327 e. The lowest BCUT2D eigenvalue weighted by Gasteiger charge is -2.42. The third kappa shape index (κ3) is 5.89. The molecule has 1 amide bonds. The van der Waals surface area contributed by atoms with Gasteiger partial charge in [-0.1, -0.05) is 37.1 Å². The number of fused-ring (bicyclic) bond motifs is 1. The molecule has 0 aliphatic carbocycles. The molecule has 10 heteroatoms. The molecule has 0 spiro atoms. The van der Waals surface area contributed by atoms with Crippen molar-refractivity contribution in [1.82, 2.24) is 14.5 Å². The minimum atomic E-state index is -3.48. The van der Waals surface area contributed by atoms with E-state index in [1.54, 1.807) is 30.0 Å². The van der Waals surface area contributed by atoms with Crippen molar-refractivity contribution < 1.29 is 22.4 Å². The highest BCUT2D eigenvalue weighted by Gasteiger charge is 2.41. The topological polar surface area (TPSA) is 64.2 Å². The summed E-state index contributed by atoms with van der Waals surface area (Å²) >= 11 is 5.51. The number of hydrogen-bond donors (Lipinski definition) is 1. The Morgan fingerprint density at radius 3 is 2.34 bits per heavy atom. The molecule has 1 aromatic heterocycles. The summed E-state index contributed by atoms with van der Waals surface area (Å²) in [5.41, 5.74) is 8.09. The van der Waals surface area contributed by atoms with Gasteiger partial charge in [0.1, 0.15) is 11.6 Å². The molecule has 4 rings (SSSR count). The quantitative estimate of drug-likeness (QED) is 0.365. The Bertz CT molecular complexity index is 1290. The van der Waals surface area contributed by atoms with Crippen LogP contribution < -0.4 is 5.73 Å². The zero-order chi connectivity index (χ0) is 28.4. The molecule has 206 valence electrons. The molecule has 0 fully saturated rings. The van der Waals surface area contributed by atoms with Crippen molar-refractivity contribution in [2.45, 2.75) is 58.5 Å². The Hall–Kier alpha value is -2.91. The third-order valence-corrected chi connectivity index (χ3v) is 6.93. The van der Waals surface area contributed by atoms with Crippen LogP contribution in [-0.2, 0) is 22.8 Å². The lowest BCUT2D eigenvalue weighted by molar-refractivity contribution is -0.137. The number of nitrogens with two attached hydrogens (primary N) is 1. The average Bonchev–Trinajstić information content (AvgIpc) is 3.27. The van der Waals surface area contributed by atoms with Crippen LogP contribution in [0.4, 0.5) is 17.6 Å². The van der Waals surface area contributed by atoms with E-state index < -0.39 is 23.7 Å². The number of carbonyl (C=O) groups is 1. The SMILES string of the molecule is CC(C)c1c(-c2ccc(F)cc2)nc2n1CCN(C(=O)CN)C2(C)C.Cc1ccc(Cl)c(C(F)(F)CF)c1. The number of carbonyl (C=O) groups excluding carboxylic acids is 1. The number of aryl methyl sites for hydroxylation is 1. The molecule has 0 unspecified atom stereocenters. The van der Waals surface area contributed by atoms with Gasteiger partial charge >= 0.3 is 5.92 Å². The van der Waals surface area contributed by atoms with Gasteiger partial charge in [0.25, 0.3) is 0 Å². The van der Waals surface area contributed by atoms with Crippen molar-refractivity contribution in [1.29, 1.82) is 0 Å². The number of halogens is 5. The van der Waals surface area contributed by atoms with E-state index in [9.17, 15) is 22.4 Å². The number of rotatable bonds is 5. The fourth-order valence-electron chi connectivity index (χ4n) is 4.70. The number of aromatic nitrogens is 2. The number of alkyl halides is 3. The molecule has 0 bridgehead atoms. The first-order chi connectivity index (χ1) is 17.7. The maximum absolute atomic E-state index is 13.3. The fraction of sp³-hybridized carbons (Fsp3) is 0.429. The predicted molar refractivity (Wildman–Crippen MR) is 142 cm³/mol. The highest BCUT2D eigenvalue weighted by Crippen LogP contribution is 2.38. The standard InChI is InChI=1S/C19H25FN4O.C9H8ClF3/c1-12(2)17-16(13-5-7-14(20)8-6-13)22-18-19(3,4)24(15(25)11-21)10-9-23(17)18;1-6-2-3-8(10)7(4-6)9(12,13)5-11/h5-8,12H,9-11,21H2,1-4H3;2-4H,5H2,1H3. The van der Waals surface area contributed by atoms with Crippen LogP contribution in [0.5, 0.6) is 0 Å². The lowest BCUT2D eigenvalue weighted by Crippen LogP contribution is -2.53. The summed E-state index contributed by atoms with van der Waals surface area (Å²) in [4.78, 5) is 18.9. The Labute approximate surface area is 225 Å². The zero-order valence-electron chi connectivity index (χ0n) is 22.2. The van der Waals surface area contributed by atoms with Gasteiger partial charge in [0.15, 0.2) is 6.67 Å². The Morgan fingerprint density at radius 1 is 1.16 bits per heavy atom. The van der Waals surface area contributed by atoms with E-state index in [-0.39, 0.29) is 29.2 Å². The number of imidazole rings is 1. The van der Waals surface area contributed by atoms with Gasteiger partial charge in [-0.3, -0.25) is 4.79 Å². The van der Waals surface area contributed by atoms with Crippen LogP contribution in [0, 0.1) is 12.7 Å². The van der Waals surface area contributed by atoms with Crippen molar-refractivity contribution >= 4 is 17.5 Å². The van der Waals surface area contributed by atoms with Crippen LogP contribution in [0.15, 0.2) is 42.5 Å². The molecular formula is C28H33ClF4N4O. The summed E-state index contributed by atoms with van der Waals surface area (Å²) in [6.45, 7) is 9.45. The van der Waals surface area contributed by atoms with Crippen LogP contribution in [0.2, 0.25) is 5.02 Å². The molecule has 2 aromatic carbocycles. The first-order valence-corrected chi connectivity index (χ1v) is 12.7. The highest BCUT2D eigenvalue weighted by atomic mass is 35.5. The molecule has 1 aliphatic heterocycles. The average molecular weight is 553 g/mol. The van der Waals surface area contributed by atoms with Gasteiger partial charge in [-0.05, 0) is 63.1 Å². The summed E-state index contributed by atoms with van der Waals surface area (Å²) in [6.07, 6.45) is 0. The Morgan fingerprint density at radius 2 is 1.79 bits per heavy atom. The summed E-state index contributed by atoms with van der Waals surface area (Å²) in [6, 6.07) is 10.6. The monoisotopic (exact) mass is 552 g/mol. The summed E-state index contributed by atoms with van der Waals surface area (Å²) in [5, 5.41) is -0.103. The number of nitrogens with zero attached hydrogens (tertiary/aromatic N) is 3. The van der Waals surface area contributed by atoms with Crippen molar-refractivity contribution in [3.05, 3.63) is 75.9 Å². The summed E-state index contributed by atoms with van der Waals surface area (Å²) in [5.74, 6) is -2.71. The second kappa shape index (κ2) is 11.5. The van der Waals surface area contributed by atoms with E-state index in [1.807, 2.05) is 13.8 Å². The Kier molecular flexibility index (Phi) is 8.93. The Balaban J connectivity index is 0.000000260. The molecule has 2 N–H and O–H groups in total. The molecular weight excluding hydrogens is 520 g/mol. The second-order valence-corrected chi connectivity index (χ2v) is 10.5. The van der Waals surface area contributed by atoms with Crippen LogP contribution in [-0.4, -0.2) is 40.1 Å². The number of amides is 1. The maximum Gasteiger partial charge on any atom is 0.302 e. The highest BCUT2D eigenvalue weighted by molar-refractivity contribution is 6.31. The first-order valence-electron chi connectivity index (χ1n) is 12.3. The molecule has 0 saturated carbocycles. The van der Waals surface area contributed by atoms with E-state index in [0.29, 0.717) is 18.7 Å². The summed E-state index contributed by atoms with van der Waals surface area (Å²) in [7, 11) is 0. The smallest absolute Gasteiger partial charge is 0.302 e. The van der Waals surface area contributed by atoms with Gasteiger partial charge in [0, 0.05) is 34.9 Å². The van der Waals surface area contributed by atoms with Crippen LogP contribution in [0.25, 0.3) is 11.3 Å². The van der Waals surface area contributed by atoms with Crippen LogP contribution in [0.3, 0.4) is 0 Å². The van der Waals surface area contributed by atoms with Gasteiger partial charge in [-0.25, -0.2) is 13.8 Å². The third-order valence-electron chi connectivity index (χ3n) is 6.60. The minimum absolute atomic E-state index is 0.00794. The van der Waals surface area contributed by atoms with Gasteiger partial charge in [0.2, 0.25) is 5.91 Å². The maximum atomic E-state index is 13.3. The molecule has 38 heavy (non-hydrogen) atoms. The van der Waals surface area contributed by atoms with Gasteiger partial charge in [-0.2, -0.15) is 8.78 Å². The first kappa shape index (κ1) is 29.6. The van der Waals surface area contributed by atoms with E-state index in [1.165, 1.54) is 24.3 Å². The molecule has 0 atom stereocenters. The van der Waals surface area contributed by atoms with Crippen molar-refractivity contribution in [3.63, 3.8) is 0 Å². The lowest BCUT2D eigenvalue weighted by atomic mass is 9.98. The normalized spacial score (nSPS) is 14.7. The number of hydrogen-bond acceptors (Lipinski definition) is 3. The van der Waals surface area contributed by atoms with Crippen LogP contribution >= 0.6 is 11.6 Å². The summed E-state index contributed by atoms with van der Waals surface area (Å²) < 4.78 is 53.2. The van der Waals surface area contributed by atoms with E-state index in [4.69, 9.17) is 22.3 Å². The zero-order valence-corrected chi connectivity index (χ0v) is 22.9. The van der Waals surface area contributed by atoms with E-state index >= 15 is 0 Å². The predicted octanol–water partition coefficient (Wildman–Crippen LogP) is 6.56. The molecule has 0 saturated heterocycles. The van der Waals surface area contributed by atoms with Crippen molar-refractivity contribution in [2.75, 3.05) is 19.8 Å². The van der Waals surface area contributed by atoms with Gasteiger partial charge < -0.3 is 15.2 Å². The molecule has 2 heterocycles. The van der Waals surface area contributed by atoms with Crippen LogP contribution in [0.1, 0.15) is 56.3 Å². The fourth-order valence-corrected chi connectivity index (χ4v) is 4.96. The number of benzene rings is 2.